The van der Waals surface area contributed by atoms with Crippen LogP contribution < -0.4 is 0 Å². The van der Waals surface area contributed by atoms with Crippen LogP contribution in [0.4, 0.5) is 0 Å². The van der Waals surface area contributed by atoms with Crippen molar-refractivity contribution < 1.29 is 9.53 Å². The molecule has 1 aliphatic rings. The summed E-state index contributed by atoms with van der Waals surface area (Å²) in [5.41, 5.74) is 1.54. The first-order valence-electron chi connectivity index (χ1n) is 6.12. The fraction of sp³-hybridized carbons (Fsp3) is 0.769. The number of ether oxygens (including phenoxy) is 1. The summed E-state index contributed by atoms with van der Waals surface area (Å²) >= 11 is 0. The van der Waals surface area contributed by atoms with Gasteiger partial charge in [0.05, 0.1) is 12.5 Å². The minimum Gasteiger partial charge on any atom is -0.466 e. The molecule has 0 heterocycles. The van der Waals surface area contributed by atoms with E-state index < -0.39 is 0 Å². The molecule has 0 N–H and O–H groups in total. The standard InChI is InChI=1S/C13H22O2/c1-3-5-6-11-7-9-12(10-8-11)13(14)15-4-2/h6,12H,3-5,7-10H2,1-2H3. The van der Waals surface area contributed by atoms with Gasteiger partial charge in [0.1, 0.15) is 0 Å². The van der Waals surface area contributed by atoms with E-state index in [9.17, 15) is 4.79 Å². The first-order valence-corrected chi connectivity index (χ1v) is 6.12. The van der Waals surface area contributed by atoms with Gasteiger partial charge < -0.3 is 4.74 Å². The van der Waals surface area contributed by atoms with Gasteiger partial charge in [0.15, 0.2) is 0 Å². The van der Waals surface area contributed by atoms with Crippen LogP contribution in [-0.2, 0) is 9.53 Å². The number of hydrogen-bond donors (Lipinski definition) is 0. The van der Waals surface area contributed by atoms with E-state index in [2.05, 4.69) is 13.0 Å². The van der Waals surface area contributed by atoms with Gasteiger partial charge in [-0.05, 0) is 39.0 Å². The zero-order chi connectivity index (χ0) is 11.1. The number of carbonyl (C=O) groups is 1. The predicted molar refractivity (Wildman–Crippen MR) is 61.6 cm³/mol. The lowest BCUT2D eigenvalue weighted by Gasteiger charge is -2.22. The topological polar surface area (TPSA) is 26.3 Å². The van der Waals surface area contributed by atoms with E-state index in [0.717, 1.165) is 25.7 Å². The first kappa shape index (κ1) is 12.3. The van der Waals surface area contributed by atoms with E-state index in [1.54, 1.807) is 0 Å². The maximum atomic E-state index is 11.5. The van der Waals surface area contributed by atoms with E-state index in [0.29, 0.717) is 6.61 Å². The van der Waals surface area contributed by atoms with E-state index in [1.165, 1.54) is 18.4 Å². The lowest BCUT2D eigenvalue weighted by molar-refractivity contribution is -0.148. The van der Waals surface area contributed by atoms with Gasteiger partial charge >= 0.3 is 5.97 Å². The van der Waals surface area contributed by atoms with Crippen LogP contribution in [0.2, 0.25) is 0 Å². The monoisotopic (exact) mass is 210 g/mol. The van der Waals surface area contributed by atoms with Crippen LogP contribution in [0.5, 0.6) is 0 Å². The normalized spacial score (nSPS) is 21.2. The summed E-state index contributed by atoms with van der Waals surface area (Å²) in [4.78, 5) is 11.5. The fourth-order valence-corrected chi connectivity index (χ4v) is 2.04. The largest absolute Gasteiger partial charge is 0.466 e. The molecule has 0 saturated heterocycles. The van der Waals surface area contributed by atoms with Crippen molar-refractivity contribution in [3.8, 4) is 0 Å². The summed E-state index contributed by atoms with van der Waals surface area (Å²) in [5.74, 6) is 0.163. The van der Waals surface area contributed by atoms with Crippen molar-refractivity contribution in [2.24, 2.45) is 5.92 Å². The second-order valence-corrected chi connectivity index (χ2v) is 4.18. The molecule has 0 radical (unpaired) electrons. The van der Waals surface area contributed by atoms with Gasteiger partial charge in [-0.1, -0.05) is 25.0 Å². The fourth-order valence-electron chi connectivity index (χ4n) is 2.04. The Labute approximate surface area is 92.7 Å². The van der Waals surface area contributed by atoms with Crippen molar-refractivity contribution in [3.05, 3.63) is 11.6 Å². The SMILES string of the molecule is CCCC=C1CCC(C(=O)OCC)CC1. The Kier molecular flexibility index (Phi) is 5.44. The minimum atomic E-state index is 0.00652. The predicted octanol–water partition coefficient (Wildman–Crippen LogP) is 3.47. The van der Waals surface area contributed by atoms with Crippen LogP contribution in [0.1, 0.15) is 52.4 Å². The van der Waals surface area contributed by atoms with E-state index in [1.807, 2.05) is 6.92 Å². The van der Waals surface area contributed by atoms with Gasteiger partial charge in [-0.15, -0.1) is 0 Å². The average Bonchev–Trinajstić information content (AvgIpc) is 2.27. The third kappa shape index (κ3) is 4.06. The van der Waals surface area contributed by atoms with Crippen LogP contribution in [0, 0.1) is 5.92 Å². The highest BCUT2D eigenvalue weighted by Gasteiger charge is 2.23. The van der Waals surface area contributed by atoms with Crippen molar-refractivity contribution in [1.82, 2.24) is 0 Å². The summed E-state index contributed by atoms with van der Waals surface area (Å²) < 4.78 is 5.04. The van der Waals surface area contributed by atoms with Gasteiger partial charge in [-0.25, -0.2) is 0 Å². The van der Waals surface area contributed by atoms with Gasteiger partial charge in [0.25, 0.3) is 0 Å². The van der Waals surface area contributed by atoms with Crippen molar-refractivity contribution >= 4 is 5.97 Å². The van der Waals surface area contributed by atoms with Crippen LogP contribution >= 0.6 is 0 Å². The molecule has 2 heteroatoms. The molecule has 1 saturated carbocycles. The summed E-state index contributed by atoms with van der Waals surface area (Å²) in [5, 5.41) is 0. The molecular formula is C13H22O2. The Balaban J connectivity index is 2.32. The van der Waals surface area contributed by atoms with E-state index in [4.69, 9.17) is 4.74 Å². The van der Waals surface area contributed by atoms with Gasteiger partial charge in [0, 0.05) is 0 Å². The molecule has 0 aromatic rings. The van der Waals surface area contributed by atoms with Crippen molar-refractivity contribution in [3.63, 3.8) is 0 Å². The number of rotatable bonds is 4. The molecule has 0 spiro atoms. The van der Waals surface area contributed by atoms with Crippen molar-refractivity contribution in [2.75, 3.05) is 6.61 Å². The Morgan fingerprint density at radius 1 is 1.40 bits per heavy atom. The van der Waals surface area contributed by atoms with E-state index >= 15 is 0 Å². The molecule has 1 fully saturated rings. The molecule has 0 aromatic carbocycles. The molecule has 1 rings (SSSR count). The average molecular weight is 210 g/mol. The summed E-state index contributed by atoms with van der Waals surface area (Å²) in [7, 11) is 0. The van der Waals surface area contributed by atoms with Crippen LogP contribution in [0.25, 0.3) is 0 Å². The van der Waals surface area contributed by atoms with Gasteiger partial charge in [-0.3, -0.25) is 4.79 Å². The van der Waals surface area contributed by atoms with Crippen LogP contribution in [0.15, 0.2) is 11.6 Å². The zero-order valence-electron chi connectivity index (χ0n) is 9.92. The number of hydrogen-bond acceptors (Lipinski definition) is 2. The number of unbranched alkanes of at least 4 members (excludes halogenated alkanes) is 1. The lowest BCUT2D eigenvalue weighted by Crippen LogP contribution is -2.21. The van der Waals surface area contributed by atoms with Crippen molar-refractivity contribution in [1.29, 1.82) is 0 Å². The van der Waals surface area contributed by atoms with Crippen molar-refractivity contribution in [2.45, 2.75) is 52.4 Å². The Hall–Kier alpha value is -0.790. The molecule has 2 nitrogen and oxygen atoms in total. The second kappa shape index (κ2) is 6.65. The second-order valence-electron chi connectivity index (χ2n) is 4.18. The minimum absolute atomic E-state index is 0.00652. The lowest BCUT2D eigenvalue weighted by atomic mass is 9.85. The first-order chi connectivity index (χ1) is 7.27. The molecule has 0 amide bonds. The highest BCUT2D eigenvalue weighted by molar-refractivity contribution is 5.72. The molecule has 0 atom stereocenters. The Morgan fingerprint density at radius 3 is 2.60 bits per heavy atom. The molecular weight excluding hydrogens is 188 g/mol. The molecule has 15 heavy (non-hydrogen) atoms. The number of esters is 1. The summed E-state index contributed by atoms with van der Waals surface area (Å²) in [6, 6.07) is 0. The Morgan fingerprint density at radius 2 is 2.07 bits per heavy atom. The van der Waals surface area contributed by atoms with Gasteiger partial charge in [0.2, 0.25) is 0 Å². The van der Waals surface area contributed by atoms with Gasteiger partial charge in [-0.2, -0.15) is 0 Å². The molecule has 0 aliphatic heterocycles. The van der Waals surface area contributed by atoms with Crippen LogP contribution in [0.3, 0.4) is 0 Å². The molecule has 0 bridgehead atoms. The van der Waals surface area contributed by atoms with Crippen LogP contribution in [-0.4, -0.2) is 12.6 Å². The quantitative estimate of drug-likeness (QED) is 0.524. The third-order valence-electron chi connectivity index (χ3n) is 2.97. The molecule has 1 aliphatic carbocycles. The molecule has 0 unspecified atom stereocenters. The maximum absolute atomic E-state index is 11.5. The number of carbonyl (C=O) groups excluding carboxylic acids is 1. The molecule has 86 valence electrons. The Bertz CT molecular complexity index is 221. The highest BCUT2D eigenvalue weighted by Crippen LogP contribution is 2.29. The highest BCUT2D eigenvalue weighted by atomic mass is 16.5. The smallest absolute Gasteiger partial charge is 0.308 e. The summed E-state index contributed by atoms with van der Waals surface area (Å²) in [6.45, 7) is 4.57. The zero-order valence-corrected chi connectivity index (χ0v) is 9.92. The molecule has 0 aromatic heterocycles. The van der Waals surface area contributed by atoms with E-state index in [-0.39, 0.29) is 11.9 Å². The maximum Gasteiger partial charge on any atom is 0.308 e. The third-order valence-corrected chi connectivity index (χ3v) is 2.97. The number of allylic oxidation sites excluding steroid dienone is 2. The summed E-state index contributed by atoms with van der Waals surface area (Å²) in [6.07, 6.45) is 8.88.